The van der Waals surface area contributed by atoms with E-state index in [4.69, 9.17) is 18.9 Å². The van der Waals surface area contributed by atoms with E-state index in [9.17, 15) is 19.2 Å². The first-order chi connectivity index (χ1) is 14.7. The zero-order valence-electron chi connectivity index (χ0n) is 19.8. The molecule has 0 aliphatic heterocycles. The first-order valence-corrected chi connectivity index (χ1v) is 9.89. The highest BCUT2D eigenvalue weighted by molar-refractivity contribution is 5.99. The number of hydrogen-bond acceptors (Lipinski definition) is 8. The van der Waals surface area contributed by atoms with Gasteiger partial charge in [-0.3, -0.25) is 9.59 Å². The van der Waals surface area contributed by atoms with Crippen LogP contribution in [0.2, 0.25) is 0 Å². The molecule has 0 heterocycles. The lowest BCUT2D eigenvalue weighted by Crippen LogP contribution is -2.43. The Morgan fingerprint density at radius 2 is 1.00 bits per heavy atom. The van der Waals surface area contributed by atoms with Gasteiger partial charge in [0.2, 0.25) is 0 Å². The van der Waals surface area contributed by atoms with Crippen molar-refractivity contribution in [2.45, 2.75) is 52.6 Å². The average Bonchev–Trinajstić information content (AvgIpc) is 2.66. The lowest BCUT2D eigenvalue weighted by molar-refractivity contribution is -0.125. The number of carbonyl (C=O) groups excluding carboxylic acids is 4. The fourth-order valence-corrected chi connectivity index (χ4v) is 2.57. The molecule has 1 aromatic rings. The lowest BCUT2D eigenvalue weighted by atomic mass is 10.1. The molecule has 0 atom stereocenters. The minimum atomic E-state index is -0.781. The van der Waals surface area contributed by atoms with Gasteiger partial charge in [-0.25, -0.2) is 9.59 Å². The third-order valence-corrected chi connectivity index (χ3v) is 3.65. The van der Waals surface area contributed by atoms with Crippen molar-refractivity contribution in [3.05, 3.63) is 23.3 Å². The van der Waals surface area contributed by atoms with E-state index in [0.717, 1.165) is 0 Å². The van der Waals surface area contributed by atoms with E-state index >= 15 is 0 Å². The topological polar surface area (TPSA) is 129 Å². The zero-order chi connectivity index (χ0) is 24.7. The Morgan fingerprint density at radius 3 is 1.25 bits per heavy atom. The van der Waals surface area contributed by atoms with Crippen LogP contribution in [0.3, 0.4) is 0 Å². The van der Waals surface area contributed by atoms with Crippen LogP contribution in [0.25, 0.3) is 0 Å². The van der Waals surface area contributed by atoms with Crippen molar-refractivity contribution in [3.63, 3.8) is 0 Å². The summed E-state index contributed by atoms with van der Waals surface area (Å²) in [6, 6.07) is 2.58. The third-order valence-electron chi connectivity index (χ3n) is 3.65. The molecule has 0 spiro atoms. The maximum atomic E-state index is 12.3. The number of esters is 2. The average molecular weight is 453 g/mol. The van der Waals surface area contributed by atoms with Crippen molar-refractivity contribution in [3.8, 4) is 11.5 Å². The van der Waals surface area contributed by atoms with Gasteiger partial charge in [0.1, 0.15) is 11.1 Å². The number of amides is 2. The summed E-state index contributed by atoms with van der Waals surface area (Å²) in [5.74, 6) is -2.92. The van der Waals surface area contributed by atoms with Gasteiger partial charge in [0, 0.05) is 11.1 Å². The molecule has 1 aromatic carbocycles. The molecule has 10 nitrogen and oxygen atoms in total. The van der Waals surface area contributed by atoms with Crippen LogP contribution in [-0.4, -0.2) is 62.3 Å². The normalized spacial score (nSPS) is 11.2. The van der Waals surface area contributed by atoms with Gasteiger partial charge in [0.25, 0.3) is 11.8 Å². The number of benzene rings is 1. The molecule has 0 aromatic heterocycles. The maximum absolute atomic E-state index is 12.3. The van der Waals surface area contributed by atoms with Gasteiger partial charge in [0.05, 0.1) is 14.2 Å². The van der Waals surface area contributed by atoms with Crippen molar-refractivity contribution in [2.75, 3.05) is 27.4 Å². The lowest BCUT2D eigenvalue weighted by Gasteiger charge is -2.23. The molecule has 32 heavy (non-hydrogen) atoms. The summed E-state index contributed by atoms with van der Waals surface area (Å²) < 4.78 is 20.7. The summed E-state index contributed by atoms with van der Waals surface area (Å²) in [5.41, 5.74) is -1.20. The number of rotatable bonds is 8. The van der Waals surface area contributed by atoms with Gasteiger partial charge in [-0.05, 0) is 53.7 Å². The van der Waals surface area contributed by atoms with Crippen molar-refractivity contribution >= 4 is 23.8 Å². The van der Waals surface area contributed by atoms with Crippen molar-refractivity contribution in [1.29, 1.82) is 0 Å². The van der Waals surface area contributed by atoms with E-state index in [2.05, 4.69) is 10.6 Å². The third kappa shape index (κ3) is 8.44. The Hall–Kier alpha value is -3.30. The Bertz CT molecular complexity index is 795. The number of carbonyl (C=O) groups is 4. The quantitative estimate of drug-likeness (QED) is 0.572. The largest absolute Gasteiger partial charge is 0.479 e. The zero-order valence-corrected chi connectivity index (χ0v) is 19.8. The molecule has 0 aliphatic carbocycles. The number of hydrogen-bond donors (Lipinski definition) is 2. The monoisotopic (exact) mass is 452 g/mol. The molecule has 0 bridgehead atoms. The van der Waals surface area contributed by atoms with Crippen molar-refractivity contribution in [1.82, 2.24) is 10.6 Å². The standard InChI is InChI=1S/C22H32N2O8/c1-21(2,3)23-15(25)11-31-17-13(19(27)29-7)9-10-14(20(28)30-8)18(17)32-12-16(26)24-22(4,5)6/h9-10H,11-12H2,1-8H3,(H,23,25)(H,24,26). The molecule has 1 rings (SSSR count). The number of nitrogens with one attached hydrogen (secondary N) is 2. The molecule has 0 saturated carbocycles. The minimum Gasteiger partial charge on any atom is -0.479 e. The maximum Gasteiger partial charge on any atom is 0.341 e. The molecular weight excluding hydrogens is 420 g/mol. The smallest absolute Gasteiger partial charge is 0.341 e. The molecule has 0 saturated heterocycles. The van der Waals surface area contributed by atoms with Gasteiger partial charge in [-0.15, -0.1) is 0 Å². The second-order valence-corrected chi connectivity index (χ2v) is 8.98. The molecule has 0 aliphatic rings. The molecular formula is C22H32N2O8. The van der Waals surface area contributed by atoms with Gasteiger partial charge in [-0.2, -0.15) is 0 Å². The van der Waals surface area contributed by atoms with Crippen LogP contribution in [0.15, 0.2) is 12.1 Å². The van der Waals surface area contributed by atoms with Gasteiger partial charge in [0.15, 0.2) is 24.7 Å². The Morgan fingerprint density at radius 1 is 0.688 bits per heavy atom. The Labute approximate surface area is 187 Å². The molecule has 2 N–H and O–H groups in total. The molecule has 0 radical (unpaired) electrons. The van der Waals surface area contributed by atoms with Crippen LogP contribution >= 0.6 is 0 Å². The van der Waals surface area contributed by atoms with Crippen molar-refractivity contribution in [2.24, 2.45) is 0 Å². The summed E-state index contributed by atoms with van der Waals surface area (Å²) in [7, 11) is 2.34. The van der Waals surface area contributed by atoms with Crippen LogP contribution in [0.5, 0.6) is 11.5 Å². The Kier molecular flexibility index (Phi) is 9.05. The van der Waals surface area contributed by atoms with Crippen LogP contribution in [0.1, 0.15) is 62.3 Å². The molecule has 2 amide bonds. The van der Waals surface area contributed by atoms with Gasteiger partial charge >= 0.3 is 11.9 Å². The van der Waals surface area contributed by atoms with E-state index in [-0.39, 0.29) is 22.6 Å². The number of ether oxygens (including phenoxy) is 4. The SMILES string of the molecule is COC(=O)c1ccc(C(=O)OC)c(OCC(=O)NC(C)(C)C)c1OCC(=O)NC(C)(C)C. The highest BCUT2D eigenvalue weighted by Gasteiger charge is 2.27. The van der Waals surface area contributed by atoms with Crippen LogP contribution in [0.4, 0.5) is 0 Å². The highest BCUT2D eigenvalue weighted by atomic mass is 16.5. The summed E-state index contributed by atoms with van der Waals surface area (Å²) in [6.45, 7) is 9.83. The second-order valence-electron chi connectivity index (χ2n) is 8.98. The van der Waals surface area contributed by atoms with Crippen LogP contribution < -0.4 is 20.1 Å². The molecule has 178 valence electrons. The van der Waals surface area contributed by atoms with Gasteiger partial charge < -0.3 is 29.6 Å². The number of methoxy groups -OCH3 is 2. The predicted molar refractivity (Wildman–Crippen MR) is 116 cm³/mol. The van der Waals surface area contributed by atoms with Gasteiger partial charge in [-0.1, -0.05) is 0 Å². The Balaban J connectivity index is 3.38. The molecule has 10 heteroatoms. The summed E-state index contributed by atoms with van der Waals surface area (Å²) in [6.07, 6.45) is 0. The van der Waals surface area contributed by atoms with E-state index in [1.807, 2.05) is 0 Å². The molecule has 0 unspecified atom stereocenters. The second kappa shape index (κ2) is 10.8. The van der Waals surface area contributed by atoms with Crippen LogP contribution in [0, 0.1) is 0 Å². The summed E-state index contributed by atoms with van der Waals surface area (Å²) in [5, 5.41) is 5.44. The highest BCUT2D eigenvalue weighted by Crippen LogP contribution is 2.36. The summed E-state index contributed by atoms with van der Waals surface area (Å²) >= 11 is 0. The summed E-state index contributed by atoms with van der Waals surface area (Å²) in [4.78, 5) is 49.1. The van der Waals surface area contributed by atoms with Crippen LogP contribution in [-0.2, 0) is 19.1 Å². The molecule has 0 fully saturated rings. The van der Waals surface area contributed by atoms with E-state index < -0.39 is 48.0 Å². The van der Waals surface area contributed by atoms with E-state index in [1.165, 1.54) is 26.4 Å². The minimum absolute atomic E-state index is 0.0880. The first kappa shape index (κ1) is 26.7. The fraction of sp³-hybridized carbons (Fsp3) is 0.545. The fourth-order valence-electron chi connectivity index (χ4n) is 2.57. The van der Waals surface area contributed by atoms with E-state index in [1.54, 1.807) is 41.5 Å². The van der Waals surface area contributed by atoms with Crippen molar-refractivity contribution < 1.29 is 38.1 Å². The predicted octanol–water partition coefficient (Wildman–Crippen LogP) is 1.85. The van der Waals surface area contributed by atoms with E-state index in [0.29, 0.717) is 0 Å². The first-order valence-electron chi connectivity index (χ1n) is 9.89.